The third-order valence-electron chi connectivity index (χ3n) is 3.36. The van der Waals surface area contributed by atoms with Gasteiger partial charge >= 0.3 is 0 Å². The van der Waals surface area contributed by atoms with Crippen molar-refractivity contribution < 1.29 is 9.90 Å². The molecule has 1 aliphatic rings. The highest BCUT2D eigenvalue weighted by molar-refractivity contribution is 5.76. The number of amides is 1. The highest BCUT2D eigenvalue weighted by atomic mass is 16.3. The van der Waals surface area contributed by atoms with E-state index in [-0.39, 0.29) is 12.0 Å². The molecule has 1 saturated heterocycles. The molecule has 1 aliphatic heterocycles. The number of likely N-dealkylation sites (N-methyl/N-ethyl adjacent to an activating group) is 1. The second-order valence-electron chi connectivity index (χ2n) is 5.19. The standard InChI is InChI=1S/C12H24N2O2/c1-9-7-14(8-11(9)13(3)4)12(16)6-5-10(2)15/h9-11,15H,5-8H2,1-4H3. The first kappa shape index (κ1) is 13.5. The van der Waals surface area contributed by atoms with Crippen LogP contribution in [-0.2, 0) is 4.79 Å². The number of rotatable bonds is 4. The number of hydrogen-bond donors (Lipinski definition) is 1. The van der Waals surface area contributed by atoms with Gasteiger partial charge < -0.3 is 14.9 Å². The van der Waals surface area contributed by atoms with Gasteiger partial charge in [0.1, 0.15) is 0 Å². The molecule has 1 rings (SSSR count). The Kier molecular flexibility index (Phi) is 4.74. The van der Waals surface area contributed by atoms with Gasteiger partial charge in [-0.1, -0.05) is 6.92 Å². The monoisotopic (exact) mass is 228 g/mol. The van der Waals surface area contributed by atoms with Gasteiger partial charge in [0, 0.05) is 25.6 Å². The van der Waals surface area contributed by atoms with Crippen molar-refractivity contribution in [3.05, 3.63) is 0 Å². The van der Waals surface area contributed by atoms with Crippen LogP contribution in [0.3, 0.4) is 0 Å². The van der Waals surface area contributed by atoms with Gasteiger partial charge in [-0.3, -0.25) is 4.79 Å². The highest BCUT2D eigenvalue weighted by Crippen LogP contribution is 2.20. The fourth-order valence-electron chi connectivity index (χ4n) is 2.32. The zero-order valence-electron chi connectivity index (χ0n) is 10.8. The second kappa shape index (κ2) is 5.64. The first-order chi connectivity index (χ1) is 7.41. The van der Waals surface area contributed by atoms with Gasteiger partial charge in [0.05, 0.1) is 6.10 Å². The van der Waals surface area contributed by atoms with Crippen LogP contribution in [0.25, 0.3) is 0 Å². The normalized spacial score (nSPS) is 27.5. The summed E-state index contributed by atoms with van der Waals surface area (Å²) in [5, 5.41) is 9.16. The van der Waals surface area contributed by atoms with Gasteiger partial charge in [0.2, 0.25) is 5.91 Å². The minimum absolute atomic E-state index is 0.178. The molecule has 0 bridgehead atoms. The van der Waals surface area contributed by atoms with Gasteiger partial charge in [-0.25, -0.2) is 0 Å². The van der Waals surface area contributed by atoms with Gasteiger partial charge in [-0.2, -0.15) is 0 Å². The summed E-state index contributed by atoms with van der Waals surface area (Å²) in [6.45, 7) is 5.59. The molecule has 0 aromatic carbocycles. The molecule has 16 heavy (non-hydrogen) atoms. The maximum absolute atomic E-state index is 11.9. The minimum atomic E-state index is -0.381. The van der Waals surface area contributed by atoms with Gasteiger partial charge in [0.25, 0.3) is 0 Å². The fourth-order valence-corrected chi connectivity index (χ4v) is 2.32. The van der Waals surface area contributed by atoms with Crippen molar-refractivity contribution in [3.8, 4) is 0 Å². The fraction of sp³-hybridized carbons (Fsp3) is 0.917. The Morgan fingerprint density at radius 3 is 2.56 bits per heavy atom. The Labute approximate surface area is 98.2 Å². The predicted octanol–water partition coefficient (Wildman–Crippen LogP) is 0.556. The van der Waals surface area contributed by atoms with E-state index in [9.17, 15) is 4.79 Å². The topological polar surface area (TPSA) is 43.8 Å². The lowest BCUT2D eigenvalue weighted by Crippen LogP contribution is -2.35. The summed E-state index contributed by atoms with van der Waals surface area (Å²) in [5.74, 6) is 0.711. The smallest absolute Gasteiger partial charge is 0.222 e. The number of likely N-dealkylation sites (tertiary alicyclic amines) is 1. The molecule has 0 spiro atoms. The first-order valence-electron chi connectivity index (χ1n) is 6.04. The third-order valence-corrected chi connectivity index (χ3v) is 3.36. The first-order valence-corrected chi connectivity index (χ1v) is 6.04. The van der Waals surface area contributed by atoms with Crippen LogP contribution < -0.4 is 0 Å². The number of nitrogens with zero attached hydrogens (tertiary/aromatic N) is 2. The molecule has 94 valence electrons. The maximum atomic E-state index is 11.9. The van der Waals surface area contributed by atoms with E-state index in [1.54, 1.807) is 6.92 Å². The average Bonchev–Trinajstić information content (AvgIpc) is 2.56. The van der Waals surface area contributed by atoms with Gasteiger partial charge in [0.15, 0.2) is 0 Å². The number of aliphatic hydroxyl groups is 1. The predicted molar refractivity (Wildman–Crippen MR) is 64.1 cm³/mol. The highest BCUT2D eigenvalue weighted by Gasteiger charge is 2.33. The van der Waals surface area contributed by atoms with Crippen LogP contribution in [0.5, 0.6) is 0 Å². The Morgan fingerprint density at radius 2 is 2.12 bits per heavy atom. The summed E-state index contributed by atoms with van der Waals surface area (Å²) in [5.41, 5.74) is 0. The zero-order chi connectivity index (χ0) is 12.3. The average molecular weight is 228 g/mol. The van der Waals surface area contributed by atoms with Crippen LogP contribution >= 0.6 is 0 Å². The number of carbonyl (C=O) groups is 1. The van der Waals surface area contributed by atoms with E-state index in [1.807, 2.05) is 4.90 Å². The van der Waals surface area contributed by atoms with Crippen LogP contribution in [-0.4, -0.2) is 60.1 Å². The van der Waals surface area contributed by atoms with Crippen LogP contribution in [0.15, 0.2) is 0 Å². The Bertz CT molecular complexity index is 241. The summed E-state index contributed by atoms with van der Waals surface area (Å²) in [6.07, 6.45) is 0.648. The van der Waals surface area contributed by atoms with E-state index < -0.39 is 0 Å². The van der Waals surface area contributed by atoms with Crippen molar-refractivity contribution in [2.75, 3.05) is 27.2 Å². The molecule has 0 radical (unpaired) electrons. The molecular weight excluding hydrogens is 204 g/mol. The van der Waals surface area contributed by atoms with Gasteiger partial charge in [-0.05, 0) is 33.4 Å². The molecule has 0 aromatic rings. The Morgan fingerprint density at radius 1 is 1.50 bits per heavy atom. The quantitative estimate of drug-likeness (QED) is 0.764. The number of carbonyl (C=O) groups excluding carboxylic acids is 1. The van der Waals surface area contributed by atoms with Crippen molar-refractivity contribution in [2.45, 2.75) is 38.8 Å². The lowest BCUT2D eigenvalue weighted by atomic mass is 10.1. The molecule has 3 unspecified atom stereocenters. The van der Waals surface area contributed by atoms with Crippen LogP contribution in [0, 0.1) is 5.92 Å². The molecule has 4 nitrogen and oxygen atoms in total. The molecule has 0 saturated carbocycles. The van der Waals surface area contributed by atoms with Crippen molar-refractivity contribution in [2.24, 2.45) is 5.92 Å². The van der Waals surface area contributed by atoms with E-state index in [4.69, 9.17) is 5.11 Å². The summed E-state index contributed by atoms with van der Waals surface area (Å²) < 4.78 is 0. The number of hydrogen-bond acceptors (Lipinski definition) is 3. The molecule has 1 heterocycles. The lowest BCUT2D eigenvalue weighted by Gasteiger charge is -2.22. The molecule has 0 aromatic heterocycles. The van der Waals surface area contributed by atoms with Crippen molar-refractivity contribution in [3.63, 3.8) is 0 Å². The van der Waals surface area contributed by atoms with E-state index >= 15 is 0 Å². The van der Waals surface area contributed by atoms with Crippen molar-refractivity contribution >= 4 is 5.91 Å². The minimum Gasteiger partial charge on any atom is -0.393 e. The second-order valence-corrected chi connectivity index (χ2v) is 5.19. The number of aliphatic hydroxyl groups excluding tert-OH is 1. The summed E-state index contributed by atoms with van der Waals surface area (Å²) in [4.78, 5) is 16.0. The lowest BCUT2D eigenvalue weighted by molar-refractivity contribution is -0.130. The maximum Gasteiger partial charge on any atom is 0.222 e. The van der Waals surface area contributed by atoms with Crippen LogP contribution in [0.2, 0.25) is 0 Å². The van der Waals surface area contributed by atoms with E-state index in [2.05, 4.69) is 25.9 Å². The third kappa shape index (κ3) is 3.46. The van der Waals surface area contributed by atoms with Gasteiger partial charge in [-0.15, -0.1) is 0 Å². The van der Waals surface area contributed by atoms with E-state index in [0.29, 0.717) is 24.8 Å². The van der Waals surface area contributed by atoms with E-state index in [1.165, 1.54) is 0 Å². The Balaban J connectivity index is 2.42. The molecule has 1 amide bonds. The molecule has 1 fully saturated rings. The zero-order valence-corrected chi connectivity index (χ0v) is 10.8. The molecule has 3 atom stereocenters. The Hall–Kier alpha value is -0.610. The molecule has 0 aliphatic carbocycles. The summed E-state index contributed by atoms with van der Waals surface area (Å²) >= 11 is 0. The SMILES string of the molecule is CC(O)CCC(=O)N1CC(C)C(N(C)C)C1. The van der Waals surface area contributed by atoms with E-state index in [0.717, 1.165) is 13.1 Å². The van der Waals surface area contributed by atoms with Crippen LogP contribution in [0.1, 0.15) is 26.7 Å². The van der Waals surface area contributed by atoms with Crippen molar-refractivity contribution in [1.29, 1.82) is 0 Å². The van der Waals surface area contributed by atoms with Crippen molar-refractivity contribution in [1.82, 2.24) is 9.80 Å². The molecule has 1 N–H and O–H groups in total. The van der Waals surface area contributed by atoms with Crippen LogP contribution in [0.4, 0.5) is 0 Å². The molecular formula is C12H24N2O2. The summed E-state index contributed by atoms with van der Waals surface area (Å²) in [6, 6.07) is 0.468. The molecule has 4 heteroatoms. The summed E-state index contributed by atoms with van der Waals surface area (Å²) in [7, 11) is 4.12. The largest absolute Gasteiger partial charge is 0.393 e.